The minimum absolute atomic E-state index is 0.00701. The number of aliphatic hydroxyl groups excluding tert-OH is 1. The fourth-order valence-electron chi connectivity index (χ4n) is 1.23. The van der Waals surface area contributed by atoms with Gasteiger partial charge in [0.15, 0.2) is 5.78 Å². The summed E-state index contributed by atoms with van der Waals surface area (Å²) in [6, 6.07) is 0. The number of aliphatic hydroxyl groups is 1. The van der Waals surface area contributed by atoms with Gasteiger partial charge in [-0.3, -0.25) is 9.59 Å². The van der Waals surface area contributed by atoms with Crippen molar-refractivity contribution in [3.63, 3.8) is 0 Å². The van der Waals surface area contributed by atoms with Gasteiger partial charge in [-0.15, -0.1) is 0 Å². The Hall–Kier alpha value is -0.290. The Morgan fingerprint density at radius 1 is 1.56 bits per heavy atom. The van der Waals surface area contributed by atoms with Crippen LogP contribution in [0.4, 0.5) is 0 Å². The maximum Gasteiger partial charge on any atom is 0.310 e. The standard InChI is InChI=1S/C9H9Cl3O4/c10-9(11,12)4-16-8(15)2-5-1-6(13)3-7(5)14/h1,6,13H,2-4H2. The zero-order valence-corrected chi connectivity index (χ0v) is 10.3. The molecule has 0 fully saturated rings. The first-order chi connectivity index (χ1) is 7.28. The number of ketones is 1. The molecule has 0 amide bonds. The van der Waals surface area contributed by atoms with Crippen LogP contribution in [0.5, 0.6) is 0 Å². The minimum atomic E-state index is -1.66. The van der Waals surface area contributed by atoms with E-state index in [2.05, 4.69) is 4.74 Å². The third-order valence-corrected chi connectivity index (χ3v) is 2.21. The number of hydrogen-bond acceptors (Lipinski definition) is 4. The van der Waals surface area contributed by atoms with Crippen LogP contribution in [0.1, 0.15) is 12.8 Å². The topological polar surface area (TPSA) is 63.6 Å². The molecule has 1 N–H and O–H groups in total. The summed E-state index contributed by atoms with van der Waals surface area (Å²) >= 11 is 16.1. The van der Waals surface area contributed by atoms with Crippen LogP contribution < -0.4 is 0 Å². The van der Waals surface area contributed by atoms with Crippen molar-refractivity contribution in [3.05, 3.63) is 11.6 Å². The van der Waals surface area contributed by atoms with E-state index in [1.54, 1.807) is 0 Å². The molecule has 1 atom stereocenters. The van der Waals surface area contributed by atoms with Gasteiger partial charge < -0.3 is 9.84 Å². The van der Waals surface area contributed by atoms with E-state index in [-0.39, 0.29) is 30.8 Å². The third kappa shape index (κ3) is 4.70. The monoisotopic (exact) mass is 286 g/mol. The highest BCUT2D eigenvalue weighted by molar-refractivity contribution is 6.67. The van der Waals surface area contributed by atoms with Crippen LogP contribution in [0.15, 0.2) is 11.6 Å². The Balaban J connectivity index is 2.41. The first-order valence-corrected chi connectivity index (χ1v) is 5.55. The van der Waals surface area contributed by atoms with Crippen LogP contribution >= 0.6 is 34.8 Å². The van der Waals surface area contributed by atoms with Crippen molar-refractivity contribution in [3.8, 4) is 0 Å². The predicted molar refractivity (Wildman–Crippen MR) is 59.6 cm³/mol. The van der Waals surface area contributed by atoms with Crippen molar-refractivity contribution in [2.24, 2.45) is 0 Å². The predicted octanol–water partition coefficient (Wildman–Crippen LogP) is 1.55. The Labute approximate surface area is 107 Å². The normalized spacial score (nSPS) is 20.9. The molecule has 0 spiro atoms. The number of esters is 1. The lowest BCUT2D eigenvalue weighted by atomic mass is 10.1. The van der Waals surface area contributed by atoms with E-state index in [0.29, 0.717) is 0 Å². The number of ether oxygens (including phenoxy) is 1. The largest absolute Gasteiger partial charge is 0.461 e. The maximum atomic E-state index is 11.2. The third-order valence-electron chi connectivity index (χ3n) is 1.88. The highest BCUT2D eigenvalue weighted by atomic mass is 35.6. The van der Waals surface area contributed by atoms with E-state index >= 15 is 0 Å². The number of halogens is 3. The lowest BCUT2D eigenvalue weighted by Crippen LogP contribution is -2.18. The number of carbonyl (C=O) groups is 2. The van der Waals surface area contributed by atoms with Gasteiger partial charge in [-0.05, 0) is 6.08 Å². The van der Waals surface area contributed by atoms with Crippen molar-refractivity contribution in [1.82, 2.24) is 0 Å². The molecule has 90 valence electrons. The Morgan fingerprint density at radius 2 is 2.19 bits per heavy atom. The number of rotatable bonds is 3. The highest BCUT2D eigenvalue weighted by Crippen LogP contribution is 2.26. The molecule has 0 saturated carbocycles. The summed E-state index contributed by atoms with van der Waals surface area (Å²) in [5.41, 5.74) is 0.238. The van der Waals surface area contributed by atoms with Crippen LogP contribution in [-0.2, 0) is 14.3 Å². The molecule has 0 saturated heterocycles. The second-order valence-corrected chi connectivity index (χ2v) is 5.86. The molecular formula is C9H9Cl3O4. The van der Waals surface area contributed by atoms with Crippen LogP contribution in [-0.4, -0.2) is 33.4 Å². The smallest absolute Gasteiger partial charge is 0.310 e. The Bertz CT molecular complexity index is 332. The van der Waals surface area contributed by atoms with Gasteiger partial charge in [0.1, 0.15) is 6.61 Å². The van der Waals surface area contributed by atoms with Gasteiger partial charge in [0, 0.05) is 12.0 Å². The molecule has 0 aromatic rings. The molecular weight excluding hydrogens is 278 g/mol. The fourth-order valence-corrected chi connectivity index (χ4v) is 1.40. The van der Waals surface area contributed by atoms with Gasteiger partial charge in [0.25, 0.3) is 0 Å². The van der Waals surface area contributed by atoms with E-state index in [9.17, 15) is 9.59 Å². The van der Waals surface area contributed by atoms with Crippen molar-refractivity contribution in [2.45, 2.75) is 22.7 Å². The molecule has 0 radical (unpaired) electrons. The van der Waals surface area contributed by atoms with E-state index in [1.807, 2.05) is 0 Å². The first kappa shape index (κ1) is 13.8. The first-order valence-electron chi connectivity index (χ1n) is 4.42. The molecule has 0 bridgehead atoms. The number of alkyl halides is 3. The molecule has 1 rings (SSSR count). The van der Waals surface area contributed by atoms with Crippen molar-refractivity contribution in [1.29, 1.82) is 0 Å². The molecule has 0 aromatic carbocycles. The van der Waals surface area contributed by atoms with E-state index < -0.39 is 15.9 Å². The van der Waals surface area contributed by atoms with Crippen molar-refractivity contribution < 1.29 is 19.4 Å². The van der Waals surface area contributed by atoms with Gasteiger partial charge in [-0.2, -0.15) is 0 Å². The molecule has 1 aliphatic carbocycles. The number of carbonyl (C=O) groups excluding carboxylic acids is 2. The summed E-state index contributed by atoms with van der Waals surface area (Å²) in [5.74, 6) is -0.932. The van der Waals surface area contributed by atoms with Gasteiger partial charge >= 0.3 is 5.97 Å². The van der Waals surface area contributed by atoms with Crippen LogP contribution in [0, 0.1) is 0 Å². The lowest BCUT2D eigenvalue weighted by molar-refractivity contribution is -0.143. The number of hydrogen-bond donors (Lipinski definition) is 1. The van der Waals surface area contributed by atoms with Crippen molar-refractivity contribution >= 4 is 46.6 Å². The van der Waals surface area contributed by atoms with Crippen molar-refractivity contribution in [2.75, 3.05) is 6.61 Å². The quantitative estimate of drug-likeness (QED) is 0.632. The molecule has 4 nitrogen and oxygen atoms in total. The lowest BCUT2D eigenvalue weighted by Gasteiger charge is -2.11. The fraction of sp³-hybridized carbons (Fsp3) is 0.556. The molecule has 1 aliphatic rings. The molecule has 16 heavy (non-hydrogen) atoms. The van der Waals surface area contributed by atoms with Gasteiger partial charge in [0.05, 0.1) is 12.5 Å². The SMILES string of the molecule is O=C(CC1=CC(O)CC1=O)OCC(Cl)(Cl)Cl. The van der Waals surface area contributed by atoms with E-state index in [0.717, 1.165) is 0 Å². The summed E-state index contributed by atoms with van der Waals surface area (Å²) < 4.78 is 2.98. The second kappa shape index (κ2) is 5.36. The van der Waals surface area contributed by atoms with Crippen LogP contribution in [0.3, 0.4) is 0 Å². The van der Waals surface area contributed by atoms with Crippen LogP contribution in [0.25, 0.3) is 0 Å². The summed E-state index contributed by atoms with van der Waals surface area (Å²) in [6.07, 6.45) is 0.311. The van der Waals surface area contributed by atoms with Gasteiger partial charge in [-0.25, -0.2) is 0 Å². The summed E-state index contributed by atoms with van der Waals surface area (Å²) in [6.45, 7) is -0.374. The van der Waals surface area contributed by atoms with Gasteiger partial charge in [0.2, 0.25) is 3.79 Å². The molecule has 0 heterocycles. The summed E-state index contributed by atoms with van der Waals surface area (Å²) in [4.78, 5) is 22.4. The molecule has 1 unspecified atom stereocenters. The van der Waals surface area contributed by atoms with E-state index in [1.165, 1.54) is 6.08 Å². The average molecular weight is 288 g/mol. The highest BCUT2D eigenvalue weighted by Gasteiger charge is 2.26. The Kier molecular flexibility index (Phi) is 4.62. The molecule has 0 aromatic heterocycles. The zero-order valence-electron chi connectivity index (χ0n) is 8.08. The van der Waals surface area contributed by atoms with Crippen LogP contribution in [0.2, 0.25) is 0 Å². The Morgan fingerprint density at radius 3 is 2.62 bits per heavy atom. The van der Waals surface area contributed by atoms with E-state index in [4.69, 9.17) is 39.9 Å². The summed E-state index contributed by atoms with van der Waals surface area (Å²) in [7, 11) is 0. The molecule has 0 aliphatic heterocycles. The minimum Gasteiger partial charge on any atom is -0.461 e. The maximum absolute atomic E-state index is 11.2. The average Bonchev–Trinajstić information content (AvgIpc) is 2.41. The number of Topliss-reactive ketones (excluding diaryl/α,β-unsaturated/α-hetero) is 1. The van der Waals surface area contributed by atoms with Gasteiger partial charge in [-0.1, -0.05) is 34.8 Å². The second-order valence-electron chi connectivity index (χ2n) is 3.34. The summed E-state index contributed by atoms with van der Waals surface area (Å²) in [5, 5.41) is 9.13. The molecule has 7 heteroatoms. The zero-order chi connectivity index (χ0) is 12.3.